The average molecular weight is 385 g/mol. The van der Waals surface area contributed by atoms with Gasteiger partial charge in [-0.25, -0.2) is 0 Å². The quantitative estimate of drug-likeness (QED) is 0.692. The molecule has 1 amide bonds. The lowest BCUT2D eigenvalue weighted by Crippen LogP contribution is -2.33. The van der Waals surface area contributed by atoms with Crippen molar-refractivity contribution in [2.75, 3.05) is 13.1 Å². The molecule has 0 radical (unpaired) electrons. The SMILES string of the molecule is CC1CCN(Cc2ccccc2CNC(=O)CCC(=O)c2cccs2)CC1. The number of benzene rings is 1. The van der Waals surface area contributed by atoms with Gasteiger partial charge in [-0.3, -0.25) is 14.5 Å². The number of piperidine rings is 1. The molecule has 0 atom stereocenters. The Morgan fingerprint density at radius 2 is 1.81 bits per heavy atom. The first-order valence-electron chi connectivity index (χ1n) is 9.74. The second-order valence-electron chi connectivity index (χ2n) is 7.40. The summed E-state index contributed by atoms with van der Waals surface area (Å²) in [4.78, 5) is 27.4. The van der Waals surface area contributed by atoms with Crippen LogP contribution in [-0.2, 0) is 17.9 Å². The zero-order valence-corrected chi connectivity index (χ0v) is 16.8. The summed E-state index contributed by atoms with van der Waals surface area (Å²) < 4.78 is 0. The molecular formula is C22H28N2O2S. The molecule has 0 unspecified atom stereocenters. The Balaban J connectivity index is 1.47. The molecular weight excluding hydrogens is 356 g/mol. The van der Waals surface area contributed by atoms with Gasteiger partial charge in [-0.05, 0) is 54.4 Å². The third kappa shape index (κ3) is 6.01. The van der Waals surface area contributed by atoms with Gasteiger partial charge < -0.3 is 5.32 Å². The first-order chi connectivity index (χ1) is 13.1. The van der Waals surface area contributed by atoms with E-state index < -0.39 is 0 Å². The van der Waals surface area contributed by atoms with Crippen LogP contribution in [0, 0.1) is 5.92 Å². The standard InChI is InChI=1S/C22H28N2O2S/c1-17-10-12-24(13-11-17)16-19-6-3-2-5-18(19)15-23-22(26)9-8-20(25)21-7-4-14-27-21/h2-7,14,17H,8-13,15-16H2,1H3,(H,23,26). The van der Waals surface area contributed by atoms with Crippen LogP contribution in [0.2, 0.25) is 0 Å². The highest BCUT2D eigenvalue weighted by Crippen LogP contribution is 2.20. The fourth-order valence-electron chi connectivity index (χ4n) is 3.41. The van der Waals surface area contributed by atoms with E-state index in [0.717, 1.165) is 36.0 Å². The van der Waals surface area contributed by atoms with Crippen LogP contribution in [0.15, 0.2) is 41.8 Å². The van der Waals surface area contributed by atoms with E-state index in [1.54, 1.807) is 0 Å². The number of nitrogens with zero attached hydrogens (tertiary/aromatic N) is 1. The first-order valence-corrected chi connectivity index (χ1v) is 10.6. The lowest BCUT2D eigenvalue weighted by molar-refractivity contribution is -0.121. The molecule has 1 N–H and O–H groups in total. The summed E-state index contributed by atoms with van der Waals surface area (Å²) in [7, 11) is 0. The minimum Gasteiger partial charge on any atom is -0.352 e. The molecule has 2 heterocycles. The summed E-state index contributed by atoms with van der Waals surface area (Å²) in [6.45, 7) is 6.07. The summed E-state index contributed by atoms with van der Waals surface area (Å²) in [6, 6.07) is 12.0. The van der Waals surface area contributed by atoms with Crippen LogP contribution < -0.4 is 5.32 Å². The molecule has 5 heteroatoms. The van der Waals surface area contributed by atoms with Crippen molar-refractivity contribution in [3.8, 4) is 0 Å². The largest absolute Gasteiger partial charge is 0.352 e. The van der Waals surface area contributed by atoms with E-state index in [9.17, 15) is 9.59 Å². The van der Waals surface area contributed by atoms with Gasteiger partial charge in [0.05, 0.1) is 4.88 Å². The number of carbonyl (C=O) groups is 2. The highest BCUT2D eigenvalue weighted by Gasteiger charge is 2.17. The molecule has 0 bridgehead atoms. The number of hydrogen-bond donors (Lipinski definition) is 1. The van der Waals surface area contributed by atoms with Gasteiger partial charge in [0.1, 0.15) is 0 Å². The summed E-state index contributed by atoms with van der Waals surface area (Å²) in [5.41, 5.74) is 2.44. The van der Waals surface area contributed by atoms with Gasteiger partial charge in [0, 0.05) is 25.9 Å². The highest BCUT2D eigenvalue weighted by atomic mass is 32.1. The summed E-state index contributed by atoms with van der Waals surface area (Å²) in [6.07, 6.45) is 3.03. The molecule has 2 aromatic rings. The lowest BCUT2D eigenvalue weighted by Gasteiger charge is -2.30. The predicted molar refractivity (Wildman–Crippen MR) is 110 cm³/mol. The summed E-state index contributed by atoms with van der Waals surface area (Å²) in [5.74, 6) is 0.800. The van der Waals surface area contributed by atoms with Gasteiger partial charge in [0.25, 0.3) is 0 Å². The number of ketones is 1. The maximum absolute atomic E-state index is 12.2. The number of amides is 1. The number of Topliss-reactive ketones (excluding diaryl/α,β-unsaturated/α-hetero) is 1. The number of hydrogen-bond acceptors (Lipinski definition) is 4. The molecule has 0 saturated carbocycles. The first kappa shape index (κ1) is 19.8. The van der Waals surface area contributed by atoms with Crippen molar-refractivity contribution < 1.29 is 9.59 Å². The second kappa shape index (κ2) is 9.81. The molecule has 144 valence electrons. The van der Waals surface area contributed by atoms with Gasteiger partial charge >= 0.3 is 0 Å². The van der Waals surface area contributed by atoms with Gasteiger partial charge in [-0.2, -0.15) is 0 Å². The van der Waals surface area contributed by atoms with E-state index in [1.165, 1.54) is 29.7 Å². The fourth-order valence-corrected chi connectivity index (χ4v) is 4.11. The number of nitrogens with one attached hydrogen (secondary N) is 1. The van der Waals surface area contributed by atoms with E-state index in [-0.39, 0.29) is 24.5 Å². The zero-order valence-electron chi connectivity index (χ0n) is 15.9. The third-order valence-corrected chi connectivity index (χ3v) is 6.15. The van der Waals surface area contributed by atoms with Crippen molar-refractivity contribution in [2.45, 2.75) is 45.7 Å². The molecule has 1 fully saturated rings. The molecule has 1 saturated heterocycles. The molecule has 4 nitrogen and oxygen atoms in total. The van der Waals surface area contributed by atoms with Crippen LogP contribution in [0.25, 0.3) is 0 Å². The third-order valence-electron chi connectivity index (χ3n) is 5.24. The molecule has 1 aliphatic rings. The maximum Gasteiger partial charge on any atom is 0.220 e. The fraction of sp³-hybridized carbons (Fsp3) is 0.455. The van der Waals surface area contributed by atoms with Crippen LogP contribution in [-0.4, -0.2) is 29.7 Å². The minimum atomic E-state index is -0.0680. The van der Waals surface area contributed by atoms with Crippen LogP contribution >= 0.6 is 11.3 Å². The molecule has 3 rings (SSSR count). The van der Waals surface area contributed by atoms with Crippen molar-refractivity contribution in [1.29, 1.82) is 0 Å². The summed E-state index contributed by atoms with van der Waals surface area (Å²) in [5, 5.41) is 4.86. The number of likely N-dealkylation sites (tertiary alicyclic amines) is 1. The second-order valence-corrected chi connectivity index (χ2v) is 8.35. The van der Waals surface area contributed by atoms with Crippen LogP contribution in [0.5, 0.6) is 0 Å². The highest BCUT2D eigenvalue weighted by molar-refractivity contribution is 7.12. The Labute approximate surface area is 165 Å². The van der Waals surface area contributed by atoms with Crippen LogP contribution in [0.1, 0.15) is 53.4 Å². The predicted octanol–water partition coefficient (Wildman–Crippen LogP) is 4.26. The average Bonchev–Trinajstić information content (AvgIpc) is 3.22. The topological polar surface area (TPSA) is 49.4 Å². The molecule has 1 aromatic carbocycles. The minimum absolute atomic E-state index is 0.0416. The lowest BCUT2D eigenvalue weighted by atomic mass is 9.98. The van der Waals surface area contributed by atoms with E-state index in [0.29, 0.717) is 6.54 Å². The molecule has 27 heavy (non-hydrogen) atoms. The van der Waals surface area contributed by atoms with Gasteiger partial charge in [-0.15, -0.1) is 11.3 Å². The monoisotopic (exact) mass is 384 g/mol. The Morgan fingerprint density at radius 1 is 1.07 bits per heavy atom. The van der Waals surface area contributed by atoms with Crippen LogP contribution in [0.3, 0.4) is 0 Å². The van der Waals surface area contributed by atoms with E-state index in [1.807, 2.05) is 23.6 Å². The normalized spacial score (nSPS) is 15.6. The van der Waals surface area contributed by atoms with Gasteiger partial charge in [0.15, 0.2) is 5.78 Å². The van der Waals surface area contributed by atoms with Gasteiger partial charge in [-0.1, -0.05) is 37.3 Å². The van der Waals surface area contributed by atoms with Crippen molar-refractivity contribution in [3.05, 3.63) is 57.8 Å². The van der Waals surface area contributed by atoms with Crippen molar-refractivity contribution in [1.82, 2.24) is 10.2 Å². The van der Waals surface area contributed by atoms with E-state index in [2.05, 4.69) is 35.3 Å². The van der Waals surface area contributed by atoms with Crippen molar-refractivity contribution in [3.63, 3.8) is 0 Å². The Bertz CT molecular complexity index is 749. The van der Waals surface area contributed by atoms with Crippen LogP contribution in [0.4, 0.5) is 0 Å². The Kier molecular flexibility index (Phi) is 7.18. The molecule has 0 aliphatic carbocycles. The zero-order chi connectivity index (χ0) is 19.1. The molecule has 1 aromatic heterocycles. The summed E-state index contributed by atoms with van der Waals surface area (Å²) >= 11 is 1.43. The van der Waals surface area contributed by atoms with E-state index >= 15 is 0 Å². The van der Waals surface area contributed by atoms with Crippen molar-refractivity contribution in [2.24, 2.45) is 5.92 Å². The number of carbonyl (C=O) groups excluding carboxylic acids is 2. The molecule has 0 spiro atoms. The smallest absolute Gasteiger partial charge is 0.220 e. The Morgan fingerprint density at radius 3 is 2.52 bits per heavy atom. The Hall–Kier alpha value is -1.98. The van der Waals surface area contributed by atoms with E-state index in [4.69, 9.17) is 0 Å². The maximum atomic E-state index is 12.2. The number of rotatable bonds is 8. The number of thiophene rings is 1. The molecule has 1 aliphatic heterocycles. The van der Waals surface area contributed by atoms with Gasteiger partial charge in [0.2, 0.25) is 5.91 Å². The van der Waals surface area contributed by atoms with Crippen molar-refractivity contribution >= 4 is 23.0 Å².